The zero-order chi connectivity index (χ0) is 8.55. The molecule has 0 atom stereocenters. The third-order valence-electron chi connectivity index (χ3n) is 1.90. The van der Waals surface area contributed by atoms with Crippen LogP contribution in [0.4, 0.5) is 5.82 Å². The summed E-state index contributed by atoms with van der Waals surface area (Å²) in [5.74, 6) is 2.30. The minimum atomic E-state index is -0.335. The number of anilines is 1. The van der Waals surface area contributed by atoms with Crippen molar-refractivity contribution in [3.63, 3.8) is 0 Å². The van der Waals surface area contributed by atoms with Crippen molar-refractivity contribution in [1.29, 1.82) is 0 Å². The third-order valence-corrected chi connectivity index (χ3v) is 2.88. The Hall–Kier alpha value is -0.970. The monoisotopic (exact) mass is 183 g/mol. The smallest absolute Gasteiger partial charge is 0.347 e. The lowest BCUT2D eigenvalue weighted by molar-refractivity contribution is 0.926. The first kappa shape index (κ1) is 7.67. The molecule has 0 radical (unpaired) electrons. The molecule has 0 saturated carbocycles. The number of thioether (sulfide) groups is 1. The summed E-state index contributed by atoms with van der Waals surface area (Å²) >= 11 is 1.82. The Morgan fingerprint density at radius 2 is 2.42 bits per heavy atom. The molecule has 1 aliphatic rings. The minimum absolute atomic E-state index is 0.335. The normalized spacial score (nSPS) is 15.7. The zero-order valence-electron chi connectivity index (χ0n) is 6.46. The van der Waals surface area contributed by atoms with Gasteiger partial charge in [-0.1, -0.05) is 0 Å². The second-order valence-electron chi connectivity index (χ2n) is 2.69. The third kappa shape index (κ3) is 1.20. The summed E-state index contributed by atoms with van der Waals surface area (Å²) in [4.78, 5) is 17.3. The number of hydrogen-bond acceptors (Lipinski definition) is 4. The molecule has 4 nitrogen and oxygen atoms in total. The summed E-state index contributed by atoms with van der Waals surface area (Å²) in [6.45, 7) is 0. The van der Waals surface area contributed by atoms with E-state index in [1.165, 1.54) is 0 Å². The van der Waals surface area contributed by atoms with E-state index in [1.807, 2.05) is 11.8 Å². The quantitative estimate of drug-likeness (QED) is 0.600. The van der Waals surface area contributed by atoms with Crippen LogP contribution in [0.3, 0.4) is 0 Å². The predicted octanol–water partition coefficient (Wildman–Crippen LogP) is 0.141. The SMILES string of the molecule is Nc1nc(=O)[nH]c2c1CSCC2. The molecule has 0 aromatic carbocycles. The molecule has 0 saturated heterocycles. The molecule has 1 aliphatic heterocycles. The van der Waals surface area contributed by atoms with Crippen molar-refractivity contribution < 1.29 is 0 Å². The maximum atomic E-state index is 10.9. The first-order valence-electron chi connectivity index (χ1n) is 3.72. The summed E-state index contributed by atoms with van der Waals surface area (Å²) in [6, 6.07) is 0. The molecule has 0 unspecified atom stereocenters. The lowest BCUT2D eigenvalue weighted by atomic mass is 10.2. The van der Waals surface area contributed by atoms with Gasteiger partial charge < -0.3 is 10.7 Å². The second-order valence-corrected chi connectivity index (χ2v) is 3.79. The molecule has 2 heterocycles. The Kier molecular flexibility index (Phi) is 1.80. The number of aryl methyl sites for hydroxylation is 1. The Labute approximate surface area is 73.6 Å². The van der Waals surface area contributed by atoms with Gasteiger partial charge in [0.25, 0.3) is 0 Å². The van der Waals surface area contributed by atoms with Gasteiger partial charge in [-0.15, -0.1) is 0 Å². The molecule has 3 N–H and O–H groups in total. The highest BCUT2D eigenvalue weighted by Crippen LogP contribution is 2.24. The van der Waals surface area contributed by atoms with E-state index in [0.717, 1.165) is 29.2 Å². The zero-order valence-corrected chi connectivity index (χ0v) is 7.28. The number of nitrogens with one attached hydrogen (secondary N) is 1. The number of H-pyrrole nitrogens is 1. The summed E-state index contributed by atoms with van der Waals surface area (Å²) < 4.78 is 0. The van der Waals surface area contributed by atoms with Crippen LogP contribution in [-0.4, -0.2) is 15.7 Å². The van der Waals surface area contributed by atoms with Gasteiger partial charge in [0, 0.05) is 17.0 Å². The Morgan fingerprint density at radius 1 is 1.58 bits per heavy atom. The molecule has 64 valence electrons. The highest BCUT2D eigenvalue weighted by Gasteiger charge is 2.13. The number of aromatic nitrogens is 2. The first-order chi connectivity index (χ1) is 5.77. The molecule has 1 aromatic rings. The van der Waals surface area contributed by atoms with Crippen LogP contribution in [0.15, 0.2) is 4.79 Å². The maximum Gasteiger partial charge on any atom is 0.347 e. The molecule has 0 fully saturated rings. The molecule has 12 heavy (non-hydrogen) atoms. The second kappa shape index (κ2) is 2.82. The van der Waals surface area contributed by atoms with E-state index in [9.17, 15) is 4.79 Å². The van der Waals surface area contributed by atoms with E-state index in [2.05, 4.69) is 9.97 Å². The fourth-order valence-electron chi connectivity index (χ4n) is 1.29. The summed E-state index contributed by atoms with van der Waals surface area (Å²) in [6.07, 6.45) is 0.891. The van der Waals surface area contributed by atoms with Gasteiger partial charge >= 0.3 is 5.69 Å². The predicted molar refractivity (Wildman–Crippen MR) is 49.1 cm³/mol. The minimum Gasteiger partial charge on any atom is -0.383 e. The van der Waals surface area contributed by atoms with E-state index in [4.69, 9.17) is 5.73 Å². The van der Waals surface area contributed by atoms with E-state index in [1.54, 1.807) is 0 Å². The van der Waals surface area contributed by atoms with Crippen LogP contribution in [0.25, 0.3) is 0 Å². The molecule has 5 heteroatoms. The number of rotatable bonds is 0. The van der Waals surface area contributed by atoms with E-state index < -0.39 is 0 Å². The number of nitrogen functional groups attached to an aromatic ring is 1. The van der Waals surface area contributed by atoms with Crippen molar-refractivity contribution in [2.75, 3.05) is 11.5 Å². The Bertz CT molecular complexity index is 360. The van der Waals surface area contributed by atoms with Gasteiger partial charge in [0.1, 0.15) is 5.82 Å². The molecular weight excluding hydrogens is 174 g/mol. The highest BCUT2D eigenvalue weighted by atomic mass is 32.2. The number of fused-ring (bicyclic) bond motifs is 1. The number of hydrogen-bond donors (Lipinski definition) is 2. The van der Waals surface area contributed by atoms with Crippen LogP contribution in [0.5, 0.6) is 0 Å². The molecule has 0 bridgehead atoms. The molecule has 2 rings (SSSR count). The fourth-order valence-corrected chi connectivity index (χ4v) is 2.31. The van der Waals surface area contributed by atoms with Gasteiger partial charge in [-0.05, 0) is 12.2 Å². The lowest BCUT2D eigenvalue weighted by Gasteiger charge is -2.14. The molecule has 0 amide bonds. The van der Waals surface area contributed by atoms with Crippen molar-refractivity contribution in [2.45, 2.75) is 12.2 Å². The van der Waals surface area contributed by atoms with Gasteiger partial charge in [-0.2, -0.15) is 16.7 Å². The van der Waals surface area contributed by atoms with Crippen LogP contribution >= 0.6 is 11.8 Å². The number of nitrogens with two attached hydrogens (primary N) is 1. The van der Waals surface area contributed by atoms with E-state index >= 15 is 0 Å². The summed E-state index contributed by atoms with van der Waals surface area (Å²) in [7, 11) is 0. The van der Waals surface area contributed by atoms with Crippen molar-refractivity contribution in [3.8, 4) is 0 Å². The summed E-state index contributed by atoms with van der Waals surface area (Å²) in [5, 5.41) is 0. The highest BCUT2D eigenvalue weighted by molar-refractivity contribution is 7.98. The van der Waals surface area contributed by atoms with E-state index in [0.29, 0.717) is 5.82 Å². The topological polar surface area (TPSA) is 71.8 Å². The molecule has 0 aliphatic carbocycles. The Balaban J connectivity index is 2.60. The van der Waals surface area contributed by atoms with Gasteiger partial charge in [0.15, 0.2) is 0 Å². The van der Waals surface area contributed by atoms with Crippen LogP contribution in [0.2, 0.25) is 0 Å². The average molecular weight is 183 g/mol. The van der Waals surface area contributed by atoms with Gasteiger partial charge in [0.05, 0.1) is 0 Å². The van der Waals surface area contributed by atoms with Crippen LogP contribution in [-0.2, 0) is 12.2 Å². The average Bonchev–Trinajstić information content (AvgIpc) is 2.04. The fraction of sp³-hybridized carbons (Fsp3) is 0.429. The van der Waals surface area contributed by atoms with Gasteiger partial charge in [-0.3, -0.25) is 0 Å². The lowest BCUT2D eigenvalue weighted by Crippen LogP contribution is -2.20. The van der Waals surface area contributed by atoms with Crippen molar-refractivity contribution in [1.82, 2.24) is 9.97 Å². The maximum absolute atomic E-state index is 10.9. The molecule has 1 aromatic heterocycles. The first-order valence-corrected chi connectivity index (χ1v) is 4.88. The number of aromatic amines is 1. The summed E-state index contributed by atoms with van der Waals surface area (Å²) in [5.41, 5.74) is 7.23. The standard InChI is InChI=1S/C7H9N3OS/c8-6-4-3-12-2-1-5(4)9-7(11)10-6/h1-3H2,(H3,8,9,10,11). The van der Waals surface area contributed by atoms with Crippen LogP contribution in [0.1, 0.15) is 11.3 Å². The van der Waals surface area contributed by atoms with Crippen molar-refractivity contribution in [2.24, 2.45) is 0 Å². The molecule has 0 spiro atoms. The Morgan fingerprint density at radius 3 is 3.25 bits per heavy atom. The van der Waals surface area contributed by atoms with Gasteiger partial charge in [0.2, 0.25) is 0 Å². The van der Waals surface area contributed by atoms with E-state index in [-0.39, 0.29) is 5.69 Å². The van der Waals surface area contributed by atoms with Crippen LogP contribution in [0, 0.1) is 0 Å². The van der Waals surface area contributed by atoms with Crippen molar-refractivity contribution >= 4 is 17.6 Å². The van der Waals surface area contributed by atoms with Crippen molar-refractivity contribution in [3.05, 3.63) is 21.7 Å². The number of nitrogens with zero attached hydrogens (tertiary/aromatic N) is 1. The van der Waals surface area contributed by atoms with Gasteiger partial charge in [-0.25, -0.2) is 4.79 Å². The largest absolute Gasteiger partial charge is 0.383 e. The molecular formula is C7H9N3OS. The van der Waals surface area contributed by atoms with Crippen LogP contribution < -0.4 is 11.4 Å².